The SMILES string of the molecule is CCCCCCCCCCCCCCCCCC(=O)OC.[Zn]. The summed E-state index contributed by atoms with van der Waals surface area (Å²) in [6.45, 7) is 2.28. The van der Waals surface area contributed by atoms with Crippen LogP contribution in [0.4, 0.5) is 0 Å². The van der Waals surface area contributed by atoms with E-state index in [4.69, 9.17) is 0 Å². The van der Waals surface area contributed by atoms with Crippen molar-refractivity contribution in [2.24, 2.45) is 0 Å². The van der Waals surface area contributed by atoms with Gasteiger partial charge in [-0.3, -0.25) is 4.79 Å². The summed E-state index contributed by atoms with van der Waals surface area (Å²) in [4.78, 5) is 10.9. The van der Waals surface area contributed by atoms with Crippen LogP contribution in [0.15, 0.2) is 0 Å². The van der Waals surface area contributed by atoms with Crippen LogP contribution in [-0.2, 0) is 29.0 Å². The van der Waals surface area contributed by atoms with Crippen LogP contribution in [0.25, 0.3) is 0 Å². The van der Waals surface area contributed by atoms with Gasteiger partial charge in [0.15, 0.2) is 0 Å². The molecule has 0 aliphatic rings. The molecule has 0 aliphatic heterocycles. The molecule has 0 radical (unpaired) electrons. The molecule has 0 atom stereocenters. The fourth-order valence-corrected chi connectivity index (χ4v) is 2.74. The minimum Gasteiger partial charge on any atom is -0.469 e. The zero-order valence-electron chi connectivity index (χ0n) is 15.3. The molecular formula is C19H38O2Zn. The standard InChI is InChI=1S/C19H38O2.Zn/c1-3-4-5-6-7-8-9-10-11-12-13-14-15-16-17-18-19(20)21-2;/h3-18H2,1-2H3;. The molecular weight excluding hydrogens is 326 g/mol. The first-order valence-corrected chi connectivity index (χ1v) is 9.38. The van der Waals surface area contributed by atoms with E-state index in [1.807, 2.05) is 0 Å². The Kier molecular flexibility index (Phi) is 23.3. The second-order valence-electron chi connectivity index (χ2n) is 6.28. The molecule has 0 N–H and O–H groups in total. The third kappa shape index (κ3) is 20.1. The molecule has 0 saturated heterocycles. The molecule has 128 valence electrons. The molecule has 22 heavy (non-hydrogen) atoms. The molecule has 0 aromatic rings. The summed E-state index contributed by atoms with van der Waals surface area (Å²) in [7, 11) is 1.47. The molecule has 3 heteroatoms. The minimum absolute atomic E-state index is 0. The van der Waals surface area contributed by atoms with Crippen molar-refractivity contribution in [3.8, 4) is 0 Å². The smallest absolute Gasteiger partial charge is 0.305 e. The summed E-state index contributed by atoms with van der Waals surface area (Å²) in [5.41, 5.74) is 0. The van der Waals surface area contributed by atoms with Crippen LogP contribution < -0.4 is 0 Å². The number of ether oxygens (including phenoxy) is 1. The first kappa shape index (κ1) is 24.3. The number of carbonyl (C=O) groups is 1. The van der Waals surface area contributed by atoms with Gasteiger partial charge in [-0.25, -0.2) is 0 Å². The van der Waals surface area contributed by atoms with E-state index < -0.39 is 0 Å². The molecule has 0 spiro atoms. The van der Waals surface area contributed by atoms with Crippen molar-refractivity contribution in [3.05, 3.63) is 0 Å². The summed E-state index contributed by atoms with van der Waals surface area (Å²) in [5, 5.41) is 0. The van der Waals surface area contributed by atoms with E-state index in [0.29, 0.717) is 6.42 Å². The van der Waals surface area contributed by atoms with Crippen molar-refractivity contribution in [2.75, 3.05) is 7.11 Å². The van der Waals surface area contributed by atoms with E-state index in [2.05, 4.69) is 11.7 Å². The Morgan fingerprint density at radius 2 is 0.955 bits per heavy atom. The Hall–Kier alpha value is 0.0934. The molecule has 2 nitrogen and oxygen atoms in total. The Balaban J connectivity index is 0. The third-order valence-electron chi connectivity index (χ3n) is 4.21. The first-order chi connectivity index (χ1) is 10.3. The Bertz CT molecular complexity index is 219. The van der Waals surface area contributed by atoms with Crippen molar-refractivity contribution in [1.82, 2.24) is 0 Å². The van der Waals surface area contributed by atoms with Gasteiger partial charge < -0.3 is 4.74 Å². The predicted molar refractivity (Wildman–Crippen MR) is 91.6 cm³/mol. The van der Waals surface area contributed by atoms with Crippen LogP contribution in [0.2, 0.25) is 0 Å². The first-order valence-electron chi connectivity index (χ1n) is 9.38. The van der Waals surface area contributed by atoms with Crippen molar-refractivity contribution in [2.45, 2.75) is 110 Å². The molecule has 0 unspecified atom stereocenters. The van der Waals surface area contributed by atoms with Gasteiger partial charge in [-0.1, -0.05) is 96.8 Å². The average molecular weight is 364 g/mol. The third-order valence-corrected chi connectivity index (χ3v) is 4.21. The fourth-order valence-electron chi connectivity index (χ4n) is 2.74. The van der Waals surface area contributed by atoms with E-state index in [-0.39, 0.29) is 25.4 Å². The molecule has 0 saturated carbocycles. The number of rotatable bonds is 16. The van der Waals surface area contributed by atoms with E-state index in [0.717, 1.165) is 6.42 Å². The number of methoxy groups -OCH3 is 1. The number of hydrogen-bond acceptors (Lipinski definition) is 2. The monoisotopic (exact) mass is 362 g/mol. The van der Waals surface area contributed by atoms with Crippen LogP contribution in [-0.4, -0.2) is 13.1 Å². The summed E-state index contributed by atoms with van der Waals surface area (Å²) in [6, 6.07) is 0. The molecule has 0 fully saturated rings. The molecule has 0 bridgehead atoms. The maximum atomic E-state index is 10.9. The fraction of sp³-hybridized carbons (Fsp3) is 0.947. The van der Waals surface area contributed by atoms with Gasteiger partial charge in [-0.05, 0) is 6.42 Å². The largest absolute Gasteiger partial charge is 0.469 e. The van der Waals surface area contributed by atoms with Gasteiger partial charge in [-0.2, -0.15) is 0 Å². The second kappa shape index (κ2) is 21.1. The van der Waals surface area contributed by atoms with Crippen molar-refractivity contribution < 1.29 is 29.0 Å². The summed E-state index contributed by atoms with van der Waals surface area (Å²) in [5.74, 6) is -0.0651. The van der Waals surface area contributed by atoms with E-state index >= 15 is 0 Å². The molecule has 0 heterocycles. The van der Waals surface area contributed by atoms with Gasteiger partial charge in [0.25, 0.3) is 0 Å². The quantitative estimate of drug-likeness (QED) is 0.180. The second-order valence-corrected chi connectivity index (χ2v) is 6.28. The van der Waals surface area contributed by atoms with Crippen molar-refractivity contribution >= 4 is 5.97 Å². The van der Waals surface area contributed by atoms with Gasteiger partial charge in [0.05, 0.1) is 7.11 Å². The molecule has 0 aromatic heterocycles. The van der Waals surface area contributed by atoms with Crippen molar-refractivity contribution in [3.63, 3.8) is 0 Å². The van der Waals surface area contributed by atoms with Gasteiger partial charge in [0.2, 0.25) is 0 Å². The number of carbonyl (C=O) groups excluding carboxylic acids is 1. The van der Waals surface area contributed by atoms with Gasteiger partial charge in [-0.15, -0.1) is 0 Å². The minimum atomic E-state index is -0.0651. The number of hydrogen-bond donors (Lipinski definition) is 0. The summed E-state index contributed by atoms with van der Waals surface area (Å²) in [6.07, 6.45) is 20.9. The van der Waals surface area contributed by atoms with Crippen LogP contribution in [0, 0.1) is 0 Å². The summed E-state index contributed by atoms with van der Waals surface area (Å²) >= 11 is 0. The number of unbranched alkanes of at least 4 members (excludes halogenated alkanes) is 14. The molecule has 0 amide bonds. The zero-order valence-corrected chi connectivity index (χ0v) is 18.3. The van der Waals surface area contributed by atoms with Crippen LogP contribution >= 0.6 is 0 Å². The van der Waals surface area contributed by atoms with E-state index in [9.17, 15) is 4.79 Å². The van der Waals surface area contributed by atoms with Crippen molar-refractivity contribution in [1.29, 1.82) is 0 Å². The molecule has 0 aromatic carbocycles. The van der Waals surface area contributed by atoms with Gasteiger partial charge >= 0.3 is 5.97 Å². The Labute approximate surface area is 151 Å². The maximum absolute atomic E-state index is 10.9. The maximum Gasteiger partial charge on any atom is 0.305 e. The Morgan fingerprint density at radius 3 is 1.27 bits per heavy atom. The van der Waals surface area contributed by atoms with E-state index in [1.54, 1.807) is 0 Å². The zero-order chi connectivity index (χ0) is 15.6. The van der Waals surface area contributed by atoms with Gasteiger partial charge in [0, 0.05) is 25.9 Å². The predicted octanol–water partition coefficient (Wildman–Crippen LogP) is 6.42. The van der Waals surface area contributed by atoms with Crippen LogP contribution in [0.5, 0.6) is 0 Å². The number of esters is 1. The molecule has 0 rings (SSSR count). The van der Waals surface area contributed by atoms with Crippen LogP contribution in [0.1, 0.15) is 110 Å². The normalized spacial score (nSPS) is 10.3. The summed E-state index contributed by atoms with van der Waals surface area (Å²) < 4.78 is 4.63. The van der Waals surface area contributed by atoms with Gasteiger partial charge in [0.1, 0.15) is 0 Å². The Morgan fingerprint density at radius 1 is 0.636 bits per heavy atom. The topological polar surface area (TPSA) is 26.3 Å². The van der Waals surface area contributed by atoms with E-state index in [1.165, 1.54) is 97.0 Å². The molecule has 0 aliphatic carbocycles. The average Bonchev–Trinajstić information content (AvgIpc) is 2.50. The van der Waals surface area contributed by atoms with Crippen LogP contribution in [0.3, 0.4) is 0 Å².